The molecule has 9 nitrogen and oxygen atoms in total. The van der Waals surface area contributed by atoms with Crippen molar-refractivity contribution < 1.29 is 19.1 Å². The second-order valence-electron chi connectivity index (χ2n) is 10.4. The van der Waals surface area contributed by atoms with Crippen LogP contribution in [0.25, 0.3) is 0 Å². The topological polar surface area (TPSA) is 107 Å². The van der Waals surface area contributed by atoms with Gasteiger partial charge in [0.1, 0.15) is 11.6 Å². The van der Waals surface area contributed by atoms with Crippen molar-refractivity contribution in [3.63, 3.8) is 0 Å². The number of phenolic OH excluding ortho intramolecular Hbond substituents is 1. The van der Waals surface area contributed by atoms with Crippen molar-refractivity contribution in [3.05, 3.63) is 91.0 Å². The van der Waals surface area contributed by atoms with Crippen LogP contribution in [0.2, 0.25) is 5.02 Å². The second kappa shape index (κ2) is 8.04. The first-order chi connectivity index (χ1) is 18.0. The normalized spacial score (nSPS) is 26.2. The lowest BCUT2D eigenvalue weighted by molar-refractivity contribution is -0.129. The van der Waals surface area contributed by atoms with Crippen molar-refractivity contribution >= 4 is 29.1 Å². The Morgan fingerprint density at radius 3 is 2.50 bits per heavy atom. The number of benzene rings is 2. The number of carbonyl (C=O) groups excluding carboxylic acids is 2. The van der Waals surface area contributed by atoms with Crippen LogP contribution in [0.3, 0.4) is 0 Å². The van der Waals surface area contributed by atoms with Gasteiger partial charge < -0.3 is 5.11 Å². The lowest BCUT2D eigenvalue weighted by atomic mass is 9.56. The lowest BCUT2D eigenvalue weighted by Crippen LogP contribution is -2.49. The van der Waals surface area contributed by atoms with Crippen LogP contribution < -0.4 is 16.3 Å². The molecule has 2 aliphatic heterocycles. The Morgan fingerprint density at radius 1 is 1.08 bits per heavy atom. The van der Waals surface area contributed by atoms with Gasteiger partial charge >= 0.3 is 11.4 Å². The molecule has 3 heterocycles. The Labute approximate surface area is 220 Å². The minimum absolute atomic E-state index is 0.0879. The number of phenols is 1. The number of allylic oxidation sites excluding steroid dienone is 2. The molecule has 1 saturated heterocycles. The third-order valence-corrected chi connectivity index (χ3v) is 8.73. The van der Waals surface area contributed by atoms with E-state index in [2.05, 4.69) is 0 Å². The van der Waals surface area contributed by atoms with Crippen molar-refractivity contribution in [1.29, 1.82) is 0 Å². The molecule has 1 N–H and O–H groups in total. The number of hydrogen-bond acceptors (Lipinski definition) is 5. The minimum Gasteiger partial charge on any atom is -0.508 e. The number of anilines is 1. The summed E-state index contributed by atoms with van der Waals surface area (Å²) >= 11 is 5.99. The minimum atomic E-state index is -1.26. The second-order valence-corrected chi connectivity index (χ2v) is 10.8. The smallest absolute Gasteiger partial charge is 0.347 e. The monoisotopic (exact) mass is 538 g/mol. The van der Waals surface area contributed by atoms with E-state index in [4.69, 9.17) is 11.6 Å². The zero-order valence-corrected chi connectivity index (χ0v) is 21.6. The number of imide groups is 1. The molecule has 0 spiro atoms. The molecular weight excluding hydrogens is 515 g/mol. The molecule has 3 aromatic rings. The van der Waals surface area contributed by atoms with Crippen molar-refractivity contribution in [1.82, 2.24) is 13.9 Å². The van der Waals surface area contributed by atoms with Gasteiger partial charge in [0.2, 0.25) is 11.8 Å². The molecule has 38 heavy (non-hydrogen) atoms. The molecule has 1 aromatic heterocycles. The Kier molecular flexibility index (Phi) is 5.17. The fourth-order valence-electron chi connectivity index (χ4n) is 6.49. The van der Waals surface area contributed by atoms with E-state index < -0.39 is 52.3 Å². The summed E-state index contributed by atoms with van der Waals surface area (Å²) in [5.74, 6) is -3.03. The first-order valence-electron chi connectivity index (χ1n) is 12.2. The molecule has 1 saturated carbocycles. The predicted molar refractivity (Wildman–Crippen MR) is 137 cm³/mol. The van der Waals surface area contributed by atoms with Gasteiger partial charge in [0, 0.05) is 13.0 Å². The van der Waals surface area contributed by atoms with Crippen LogP contribution >= 0.6 is 11.6 Å². The summed E-state index contributed by atoms with van der Waals surface area (Å²) in [6.45, 7) is 3.61. The number of hydrogen-bond donors (Lipinski definition) is 1. The van der Waals surface area contributed by atoms with E-state index in [1.165, 1.54) is 28.5 Å². The summed E-state index contributed by atoms with van der Waals surface area (Å²) < 4.78 is 17.7. The van der Waals surface area contributed by atoms with Crippen molar-refractivity contribution in [2.45, 2.75) is 38.8 Å². The molecule has 0 bridgehead atoms. The number of amides is 2. The Balaban J connectivity index is 1.59. The number of aryl methyl sites for hydroxylation is 1. The highest BCUT2D eigenvalue weighted by Crippen LogP contribution is 2.61. The van der Waals surface area contributed by atoms with E-state index in [0.717, 1.165) is 21.1 Å². The summed E-state index contributed by atoms with van der Waals surface area (Å²) in [4.78, 5) is 55.1. The number of nitrogens with zero attached hydrogens (tertiary/aromatic N) is 4. The maximum absolute atomic E-state index is 14.2. The molecule has 3 aliphatic rings. The Morgan fingerprint density at radius 2 is 1.82 bits per heavy atom. The van der Waals surface area contributed by atoms with Gasteiger partial charge in [-0.25, -0.2) is 32.8 Å². The molecule has 4 atom stereocenters. The molecule has 0 unspecified atom stereocenters. The predicted octanol–water partition coefficient (Wildman–Crippen LogP) is 3.02. The SMILES string of the molecule is Cc1cc([C@H]2C3=CCn4c(=O)n(C)c(=O)n4[C@@H]3C[C@H]3C(=O)N(c4ccc(F)c(Cl)c4)C(=O)[C@@]23C)ccc1O. The number of aromatic nitrogens is 3. The molecule has 2 amide bonds. The number of carbonyl (C=O) groups is 2. The molecule has 2 aromatic carbocycles. The van der Waals surface area contributed by atoms with Gasteiger partial charge in [-0.05, 0) is 61.2 Å². The highest BCUT2D eigenvalue weighted by atomic mass is 35.5. The van der Waals surface area contributed by atoms with Gasteiger partial charge in [0.25, 0.3) is 0 Å². The summed E-state index contributed by atoms with van der Waals surface area (Å²) in [5.41, 5.74) is -0.0293. The largest absolute Gasteiger partial charge is 0.508 e. The van der Waals surface area contributed by atoms with Crippen LogP contribution in [0.5, 0.6) is 5.75 Å². The zero-order valence-electron chi connectivity index (χ0n) is 20.8. The number of aromatic hydroxyl groups is 1. The standard InChI is InChI=1S/C27H24ClFN4O5/c1-13-10-14(4-7-21(13)34)22-16-8-9-31-25(37)30(3)26(38)33(31)20(16)12-17-23(35)32(24(36)27(17,22)2)15-5-6-19(29)18(28)11-15/h4-8,10-11,17,20,22,34H,9,12H2,1-3H3/t17-,20+,22-,27+/m0/s1. The van der Waals surface area contributed by atoms with Crippen LogP contribution in [0.15, 0.2) is 57.6 Å². The van der Waals surface area contributed by atoms with Gasteiger partial charge in [0.05, 0.1) is 34.6 Å². The van der Waals surface area contributed by atoms with Gasteiger partial charge in [0.15, 0.2) is 0 Å². The van der Waals surface area contributed by atoms with E-state index in [0.29, 0.717) is 11.1 Å². The number of fused-ring (bicyclic) bond motifs is 4. The Hall–Kier alpha value is -3.92. The molecule has 11 heteroatoms. The summed E-state index contributed by atoms with van der Waals surface area (Å²) in [6, 6.07) is 8.07. The summed E-state index contributed by atoms with van der Waals surface area (Å²) in [6.07, 6.45) is 1.98. The maximum atomic E-state index is 14.2. The number of halogens is 2. The average Bonchev–Trinajstić information content (AvgIpc) is 3.22. The van der Waals surface area contributed by atoms with Gasteiger partial charge in [-0.3, -0.25) is 9.59 Å². The van der Waals surface area contributed by atoms with Gasteiger partial charge in [-0.1, -0.05) is 29.8 Å². The summed E-state index contributed by atoms with van der Waals surface area (Å²) in [5, 5.41) is 9.97. The molecule has 2 fully saturated rings. The van der Waals surface area contributed by atoms with Gasteiger partial charge in [-0.15, -0.1) is 0 Å². The maximum Gasteiger partial charge on any atom is 0.347 e. The van der Waals surface area contributed by atoms with E-state index in [9.17, 15) is 28.7 Å². The molecule has 0 radical (unpaired) electrons. The molecule has 6 rings (SSSR count). The van der Waals surface area contributed by atoms with Crippen molar-refractivity contribution in [3.8, 4) is 5.75 Å². The van der Waals surface area contributed by atoms with Crippen LogP contribution in [0.4, 0.5) is 10.1 Å². The molecule has 196 valence electrons. The fourth-order valence-corrected chi connectivity index (χ4v) is 6.67. The highest BCUT2D eigenvalue weighted by Gasteiger charge is 2.65. The molecular formula is C27H24ClFN4O5. The van der Waals surface area contributed by atoms with E-state index >= 15 is 0 Å². The highest BCUT2D eigenvalue weighted by molar-refractivity contribution is 6.31. The third kappa shape index (κ3) is 3.03. The number of rotatable bonds is 2. The van der Waals surface area contributed by atoms with Crippen molar-refractivity contribution in [2.24, 2.45) is 18.4 Å². The first kappa shape index (κ1) is 24.4. The van der Waals surface area contributed by atoms with Crippen LogP contribution in [-0.2, 0) is 23.2 Å². The molecule has 1 aliphatic carbocycles. The van der Waals surface area contributed by atoms with Gasteiger partial charge in [-0.2, -0.15) is 0 Å². The summed E-state index contributed by atoms with van der Waals surface area (Å²) in [7, 11) is 1.40. The van der Waals surface area contributed by atoms with Crippen LogP contribution in [0.1, 0.15) is 36.4 Å². The Bertz CT molecular complexity index is 1720. The third-order valence-electron chi connectivity index (χ3n) is 8.44. The first-order valence-corrected chi connectivity index (χ1v) is 12.6. The van der Waals surface area contributed by atoms with Crippen LogP contribution in [-0.4, -0.2) is 30.9 Å². The van der Waals surface area contributed by atoms with Crippen molar-refractivity contribution in [2.75, 3.05) is 4.90 Å². The van der Waals surface area contributed by atoms with E-state index in [1.54, 1.807) is 32.0 Å². The van der Waals surface area contributed by atoms with Crippen LogP contribution in [0, 0.1) is 24.1 Å². The van der Waals surface area contributed by atoms with E-state index in [-0.39, 0.29) is 29.4 Å². The van der Waals surface area contributed by atoms with E-state index in [1.807, 2.05) is 6.08 Å². The zero-order chi connectivity index (χ0) is 27.3. The lowest BCUT2D eigenvalue weighted by Gasteiger charge is -2.47. The fraction of sp³-hybridized carbons (Fsp3) is 0.333. The quantitative estimate of drug-likeness (QED) is 0.399. The average molecular weight is 539 g/mol.